The lowest BCUT2D eigenvalue weighted by molar-refractivity contribution is -0.133. The number of amides is 1. The lowest BCUT2D eigenvalue weighted by atomic mass is 9.93. The maximum Gasteiger partial charge on any atom is 0.316 e. The first-order chi connectivity index (χ1) is 14.8. The summed E-state index contributed by atoms with van der Waals surface area (Å²) in [6.07, 6.45) is 4.47. The Morgan fingerprint density at radius 1 is 1.29 bits per heavy atom. The maximum absolute atomic E-state index is 13.4. The molecule has 2 atom stereocenters. The van der Waals surface area contributed by atoms with Crippen molar-refractivity contribution in [2.45, 2.75) is 56.9 Å². The standard InChI is InChI=1S/C22H23F2N5O2/c1-13(19(30)29-8-6-21(4-5-21)7-9-29)26-20-28-27-18(31-20)14-2-3-16(15(10-14)12-25)17-11-22(17,23)24/h2-3,10,13,17H,4-9,11H2,1H3,(H,26,28)/t13-,17-/m1/s1. The van der Waals surface area contributed by atoms with E-state index >= 15 is 0 Å². The Bertz CT molecular complexity index is 1060. The molecule has 1 saturated heterocycles. The number of hydrogen-bond acceptors (Lipinski definition) is 6. The molecule has 0 radical (unpaired) electrons. The molecular formula is C22H23F2N5O2. The molecule has 2 aromatic rings. The van der Waals surface area contributed by atoms with E-state index in [-0.39, 0.29) is 29.8 Å². The molecular weight excluding hydrogens is 404 g/mol. The van der Waals surface area contributed by atoms with Crippen molar-refractivity contribution >= 4 is 11.9 Å². The van der Waals surface area contributed by atoms with Crippen molar-refractivity contribution in [1.29, 1.82) is 5.26 Å². The third-order valence-electron chi connectivity index (χ3n) is 6.85. The Morgan fingerprint density at radius 2 is 2.00 bits per heavy atom. The van der Waals surface area contributed by atoms with Gasteiger partial charge in [0.05, 0.1) is 17.6 Å². The average molecular weight is 427 g/mol. The van der Waals surface area contributed by atoms with E-state index in [1.54, 1.807) is 13.0 Å². The number of hydrogen-bond donors (Lipinski definition) is 1. The van der Waals surface area contributed by atoms with Crippen LogP contribution >= 0.6 is 0 Å². The molecule has 1 aromatic carbocycles. The van der Waals surface area contributed by atoms with Crippen LogP contribution in [0.5, 0.6) is 0 Å². The minimum Gasteiger partial charge on any atom is -0.403 e. The van der Waals surface area contributed by atoms with Gasteiger partial charge < -0.3 is 14.6 Å². The van der Waals surface area contributed by atoms with Crippen molar-refractivity contribution in [1.82, 2.24) is 15.1 Å². The highest BCUT2D eigenvalue weighted by molar-refractivity contribution is 5.83. The topological polar surface area (TPSA) is 95.0 Å². The molecule has 1 spiro atoms. The molecule has 7 nitrogen and oxygen atoms in total. The first kappa shape index (κ1) is 19.9. The molecule has 31 heavy (non-hydrogen) atoms. The fraction of sp³-hybridized carbons (Fsp3) is 0.545. The Hall–Kier alpha value is -3.02. The summed E-state index contributed by atoms with van der Waals surface area (Å²) < 4.78 is 32.4. The second kappa shape index (κ2) is 7.01. The van der Waals surface area contributed by atoms with Gasteiger partial charge >= 0.3 is 6.01 Å². The molecule has 0 unspecified atom stereocenters. The van der Waals surface area contributed by atoms with E-state index in [9.17, 15) is 18.8 Å². The second-order valence-electron chi connectivity index (χ2n) is 9.04. The van der Waals surface area contributed by atoms with Gasteiger partial charge in [0.2, 0.25) is 11.8 Å². The maximum atomic E-state index is 13.4. The predicted octanol–water partition coefficient (Wildman–Crippen LogP) is 3.93. The van der Waals surface area contributed by atoms with E-state index < -0.39 is 17.9 Å². The highest BCUT2D eigenvalue weighted by atomic mass is 19.3. The number of carbonyl (C=O) groups is 1. The van der Waals surface area contributed by atoms with Gasteiger partial charge in [-0.2, -0.15) is 5.26 Å². The molecule has 1 amide bonds. The minimum absolute atomic E-state index is 0.00303. The van der Waals surface area contributed by atoms with Gasteiger partial charge in [0.1, 0.15) is 6.04 Å². The minimum atomic E-state index is -2.75. The van der Waals surface area contributed by atoms with Gasteiger partial charge in [-0.3, -0.25) is 4.79 Å². The fourth-order valence-electron chi connectivity index (χ4n) is 4.44. The number of piperidine rings is 1. The van der Waals surface area contributed by atoms with Crippen LogP contribution in [0.15, 0.2) is 22.6 Å². The number of rotatable bonds is 5. The first-order valence-corrected chi connectivity index (χ1v) is 10.6. The number of nitrogens with zero attached hydrogens (tertiary/aromatic N) is 4. The number of aromatic nitrogens is 2. The van der Waals surface area contributed by atoms with Crippen LogP contribution in [0.2, 0.25) is 0 Å². The summed E-state index contributed by atoms with van der Waals surface area (Å²) in [6.45, 7) is 3.32. The van der Waals surface area contributed by atoms with Gasteiger partial charge in [0, 0.05) is 25.1 Å². The van der Waals surface area contributed by atoms with Gasteiger partial charge in [-0.05, 0) is 55.7 Å². The summed E-state index contributed by atoms with van der Waals surface area (Å²) in [4.78, 5) is 14.6. The van der Waals surface area contributed by atoms with E-state index in [4.69, 9.17) is 4.42 Å². The number of likely N-dealkylation sites (tertiary alicyclic amines) is 1. The number of alkyl halides is 2. The molecule has 1 aliphatic heterocycles. The van der Waals surface area contributed by atoms with Gasteiger partial charge in [0.15, 0.2) is 0 Å². The Balaban J connectivity index is 1.25. The van der Waals surface area contributed by atoms with E-state index in [2.05, 4.69) is 15.5 Å². The SMILES string of the molecule is C[C@@H](Nc1nnc(-c2ccc([C@H]3CC3(F)F)c(C#N)c2)o1)C(=O)N1CCC2(CC1)CC2. The molecule has 5 rings (SSSR count). The number of carbonyl (C=O) groups excluding carboxylic acids is 1. The summed E-state index contributed by atoms with van der Waals surface area (Å²) in [5, 5.41) is 20.2. The molecule has 1 aromatic heterocycles. The molecule has 1 N–H and O–H groups in total. The van der Waals surface area contributed by atoms with Crippen LogP contribution in [0.4, 0.5) is 14.8 Å². The summed E-state index contributed by atoms with van der Waals surface area (Å²) in [5.41, 5.74) is 1.48. The first-order valence-electron chi connectivity index (χ1n) is 10.6. The zero-order valence-corrected chi connectivity index (χ0v) is 17.2. The molecule has 3 fully saturated rings. The van der Waals surface area contributed by atoms with E-state index in [0.29, 0.717) is 16.5 Å². The van der Waals surface area contributed by atoms with Crippen molar-refractivity contribution < 1.29 is 18.0 Å². The second-order valence-corrected chi connectivity index (χ2v) is 9.04. The van der Waals surface area contributed by atoms with Crippen LogP contribution in [0.1, 0.15) is 56.1 Å². The van der Waals surface area contributed by atoms with Gasteiger partial charge in [0.25, 0.3) is 5.92 Å². The number of nitrogens with one attached hydrogen (secondary N) is 1. The summed E-state index contributed by atoms with van der Waals surface area (Å²) in [5.74, 6) is -3.50. The van der Waals surface area contributed by atoms with Crippen LogP contribution in [0.3, 0.4) is 0 Å². The van der Waals surface area contributed by atoms with E-state index in [0.717, 1.165) is 25.9 Å². The van der Waals surface area contributed by atoms with Crippen LogP contribution in [0.25, 0.3) is 11.5 Å². The number of nitriles is 1. The molecule has 162 valence electrons. The molecule has 2 aliphatic carbocycles. The van der Waals surface area contributed by atoms with E-state index in [1.165, 1.54) is 25.0 Å². The predicted molar refractivity (Wildman–Crippen MR) is 107 cm³/mol. The lowest BCUT2D eigenvalue weighted by Gasteiger charge is -2.33. The third kappa shape index (κ3) is 3.75. The van der Waals surface area contributed by atoms with Crippen molar-refractivity contribution in [3.05, 3.63) is 29.3 Å². The fourth-order valence-corrected chi connectivity index (χ4v) is 4.44. The van der Waals surface area contributed by atoms with Gasteiger partial charge in [-0.1, -0.05) is 11.2 Å². The normalized spacial score (nSPS) is 23.8. The van der Waals surface area contributed by atoms with Crippen LogP contribution in [-0.4, -0.2) is 46.1 Å². The molecule has 2 saturated carbocycles. The molecule has 0 bridgehead atoms. The number of halogens is 2. The van der Waals surface area contributed by atoms with Gasteiger partial charge in [-0.25, -0.2) is 8.78 Å². The highest BCUT2D eigenvalue weighted by Gasteiger charge is 2.58. The number of anilines is 1. The molecule has 2 heterocycles. The monoisotopic (exact) mass is 427 g/mol. The quantitative estimate of drug-likeness (QED) is 0.777. The third-order valence-corrected chi connectivity index (χ3v) is 6.85. The number of benzene rings is 1. The smallest absolute Gasteiger partial charge is 0.316 e. The molecule has 3 aliphatic rings. The van der Waals surface area contributed by atoms with Crippen LogP contribution in [0, 0.1) is 16.7 Å². The summed E-state index contributed by atoms with van der Waals surface area (Å²) in [6, 6.07) is 6.16. The van der Waals surface area contributed by atoms with Crippen molar-refractivity contribution in [3.63, 3.8) is 0 Å². The Labute approximate surface area is 178 Å². The van der Waals surface area contributed by atoms with Crippen molar-refractivity contribution in [3.8, 4) is 17.5 Å². The Morgan fingerprint density at radius 3 is 2.61 bits per heavy atom. The zero-order chi connectivity index (χ0) is 21.8. The van der Waals surface area contributed by atoms with Gasteiger partial charge in [-0.15, -0.1) is 5.10 Å². The van der Waals surface area contributed by atoms with Crippen LogP contribution in [-0.2, 0) is 4.79 Å². The zero-order valence-electron chi connectivity index (χ0n) is 17.2. The Kier molecular flexibility index (Phi) is 4.50. The highest BCUT2D eigenvalue weighted by Crippen LogP contribution is 2.56. The van der Waals surface area contributed by atoms with Crippen molar-refractivity contribution in [2.75, 3.05) is 18.4 Å². The van der Waals surface area contributed by atoms with E-state index in [1.807, 2.05) is 11.0 Å². The average Bonchev–Trinajstić information content (AvgIpc) is 3.60. The summed E-state index contributed by atoms with van der Waals surface area (Å²) >= 11 is 0. The summed E-state index contributed by atoms with van der Waals surface area (Å²) in [7, 11) is 0. The van der Waals surface area contributed by atoms with Crippen molar-refractivity contribution in [2.24, 2.45) is 5.41 Å². The lowest BCUT2D eigenvalue weighted by Crippen LogP contribution is -2.45. The van der Waals surface area contributed by atoms with Crippen LogP contribution < -0.4 is 5.32 Å². The molecule has 9 heteroatoms. The largest absolute Gasteiger partial charge is 0.403 e.